The van der Waals surface area contributed by atoms with Crippen molar-refractivity contribution < 1.29 is 14.3 Å². The smallest absolute Gasteiger partial charge is 0.238 e. The number of nitrogens with zero attached hydrogens (tertiary/aromatic N) is 2. The molecule has 0 unspecified atom stereocenters. The highest BCUT2D eigenvalue weighted by atomic mass is 16.5. The molecule has 0 aliphatic carbocycles. The van der Waals surface area contributed by atoms with Gasteiger partial charge >= 0.3 is 0 Å². The molecule has 0 spiro atoms. The van der Waals surface area contributed by atoms with Crippen molar-refractivity contribution in [1.29, 1.82) is 0 Å². The molecule has 0 aliphatic rings. The third-order valence-corrected chi connectivity index (χ3v) is 4.37. The Morgan fingerprint density at radius 2 is 2.00 bits per heavy atom. The number of hydrogen-bond acceptors (Lipinski definition) is 4. The summed E-state index contributed by atoms with van der Waals surface area (Å²) in [5, 5.41) is 2.81. The van der Waals surface area contributed by atoms with Crippen LogP contribution in [-0.4, -0.2) is 48.4 Å². The third kappa shape index (κ3) is 5.31. The summed E-state index contributed by atoms with van der Waals surface area (Å²) >= 11 is 0. The fourth-order valence-corrected chi connectivity index (χ4v) is 3.03. The van der Waals surface area contributed by atoms with E-state index in [1.165, 1.54) is 0 Å². The van der Waals surface area contributed by atoms with Gasteiger partial charge in [-0.25, -0.2) is 0 Å². The van der Waals surface area contributed by atoms with Crippen LogP contribution in [0.25, 0.3) is 0 Å². The number of aryl methyl sites for hydroxylation is 1. The average molecular weight is 369 g/mol. The summed E-state index contributed by atoms with van der Waals surface area (Å²) in [7, 11) is 3.33. The van der Waals surface area contributed by atoms with Crippen LogP contribution >= 0.6 is 0 Å². The molecule has 144 valence electrons. The second-order valence-corrected chi connectivity index (χ2v) is 6.56. The van der Waals surface area contributed by atoms with E-state index < -0.39 is 0 Å². The zero-order valence-electron chi connectivity index (χ0n) is 16.4. The van der Waals surface area contributed by atoms with Gasteiger partial charge in [0.15, 0.2) is 5.78 Å². The van der Waals surface area contributed by atoms with Crippen LogP contribution in [0.3, 0.4) is 0 Å². The van der Waals surface area contributed by atoms with E-state index in [0.29, 0.717) is 23.5 Å². The van der Waals surface area contributed by atoms with Gasteiger partial charge in [0.2, 0.25) is 5.91 Å². The Bertz CT molecular complexity index is 839. The quantitative estimate of drug-likeness (QED) is 0.545. The van der Waals surface area contributed by atoms with E-state index in [4.69, 9.17) is 4.74 Å². The van der Waals surface area contributed by atoms with Gasteiger partial charge in [-0.2, -0.15) is 0 Å². The maximum atomic E-state index is 12.6. The largest absolute Gasteiger partial charge is 0.497 e. The standard InChI is InChI=1S/C21H27N3O3/c1-6-10-24-15(2)11-19(16(24)3)20(25)13-23(4)14-21(26)22-17-8-7-9-18(12-17)27-5/h6-9,11-12H,1,10,13-14H2,2-5H3,(H,22,26). The number of ketones is 1. The first-order chi connectivity index (χ1) is 12.8. The zero-order valence-corrected chi connectivity index (χ0v) is 16.4. The normalized spacial score (nSPS) is 10.7. The summed E-state index contributed by atoms with van der Waals surface area (Å²) in [6.45, 7) is 8.61. The summed E-state index contributed by atoms with van der Waals surface area (Å²) in [4.78, 5) is 26.6. The van der Waals surface area contributed by atoms with Gasteiger partial charge in [0.1, 0.15) is 5.75 Å². The molecule has 1 aromatic heterocycles. The number of rotatable bonds is 9. The van der Waals surface area contributed by atoms with Crippen LogP contribution in [0.2, 0.25) is 0 Å². The molecular weight excluding hydrogens is 342 g/mol. The van der Waals surface area contributed by atoms with Gasteiger partial charge in [0.05, 0.1) is 20.2 Å². The molecule has 0 fully saturated rings. The Morgan fingerprint density at radius 3 is 2.67 bits per heavy atom. The Morgan fingerprint density at radius 1 is 1.26 bits per heavy atom. The lowest BCUT2D eigenvalue weighted by atomic mass is 10.1. The number of Topliss-reactive ketones (excluding diaryl/α,β-unsaturated/α-hetero) is 1. The molecule has 0 bridgehead atoms. The van der Waals surface area contributed by atoms with Gasteiger partial charge in [0, 0.05) is 35.2 Å². The molecule has 6 nitrogen and oxygen atoms in total. The molecule has 2 aromatic rings. The van der Waals surface area contributed by atoms with Crippen LogP contribution in [0, 0.1) is 13.8 Å². The third-order valence-electron chi connectivity index (χ3n) is 4.37. The van der Waals surface area contributed by atoms with Gasteiger partial charge in [-0.05, 0) is 39.1 Å². The summed E-state index contributed by atoms with van der Waals surface area (Å²) in [5.74, 6) is 0.483. The van der Waals surface area contributed by atoms with Crippen LogP contribution < -0.4 is 10.1 Å². The molecule has 6 heteroatoms. The minimum atomic E-state index is -0.185. The van der Waals surface area contributed by atoms with Crippen molar-refractivity contribution in [2.45, 2.75) is 20.4 Å². The highest BCUT2D eigenvalue weighted by molar-refractivity contribution is 5.99. The number of allylic oxidation sites excluding steroid dienone is 1. The molecule has 0 saturated carbocycles. The fourth-order valence-electron chi connectivity index (χ4n) is 3.03. The molecule has 27 heavy (non-hydrogen) atoms. The number of carbonyl (C=O) groups excluding carboxylic acids is 2. The van der Waals surface area contributed by atoms with Gasteiger partial charge in [-0.15, -0.1) is 6.58 Å². The number of anilines is 1. The van der Waals surface area contributed by atoms with Crippen molar-refractivity contribution in [3.63, 3.8) is 0 Å². The van der Waals surface area contributed by atoms with E-state index in [-0.39, 0.29) is 24.8 Å². The van der Waals surface area contributed by atoms with Crippen LogP contribution in [-0.2, 0) is 11.3 Å². The van der Waals surface area contributed by atoms with Crippen molar-refractivity contribution in [2.24, 2.45) is 0 Å². The molecule has 1 aromatic carbocycles. The minimum absolute atomic E-state index is 0.00454. The van der Waals surface area contributed by atoms with Gasteiger partial charge in [-0.3, -0.25) is 14.5 Å². The van der Waals surface area contributed by atoms with Crippen molar-refractivity contribution in [2.75, 3.05) is 32.6 Å². The number of ether oxygens (including phenoxy) is 1. The Hall–Kier alpha value is -2.86. The lowest BCUT2D eigenvalue weighted by Gasteiger charge is -2.16. The van der Waals surface area contributed by atoms with Gasteiger partial charge in [-0.1, -0.05) is 12.1 Å². The van der Waals surface area contributed by atoms with Crippen LogP contribution in [0.15, 0.2) is 43.0 Å². The molecule has 0 atom stereocenters. The van der Waals surface area contributed by atoms with E-state index in [1.54, 1.807) is 37.3 Å². The predicted molar refractivity (Wildman–Crippen MR) is 108 cm³/mol. The molecule has 0 saturated heterocycles. The molecule has 1 heterocycles. The van der Waals surface area contributed by atoms with Crippen LogP contribution in [0.5, 0.6) is 5.75 Å². The second-order valence-electron chi connectivity index (χ2n) is 6.56. The number of aromatic nitrogens is 1. The van der Waals surface area contributed by atoms with Crippen molar-refractivity contribution >= 4 is 17.4 Å². The van der Waals surface area contributed by atoms with Crippen molar-refractivity contribution in [3.05, 3.63) is 59.9 Å². The van der Waals surface area contributed by atoms with E-state index in [0.717, 1.165) is 11.4 Å². The SMILES string of the molecule is C=CCn1c(C)cc(C(=O)CN(C)CC(=O)Nc2cccc(OC)c2)c1C. The highest BCUT2D eigenvalue weighted by Gasteiger charge is 2.18. The average Bonchev–Trinajstić information content (AvgIpc) is 2.90. The van der Waals surface area contributed by atoms with Crippen molar-refractivity contribution in [3.8, 4) is 5.75 Å². The predicted octanol–water partition coefficient (Wildman–Crippen LogP) is 3.05. The second kappa shape index (κ2) is 9.19. The molecule has 1 N–H and O–H groups in total. The summed E-state index contributed by atoms with van der Waals surface area (Å²) in [5.41, 5.74) is 3.29. The van der Waals surface area contributed by atoms with Crippen LogP contribution in [0.4, 0.5) is 5.69 Å². The topological polar surface area (TPSA) is 63.6 Å². The lowest BCUT2D eigenvalue weighted by Crippen LogP contribution is -2.34. The number of hydrogen-bond donors (Lipinski definition) is 1. The number of methoxy groups -OCH3 is 1. The van der Waals surface area contributed by atoms with Gasteiger partial charge < -0.3 is 14.6 Å². The van der Waals surface area contributed by atoms with Gasteiger partial charge in [0.25, 0.3) is 0 Å². The number of likely N-dealkylation sites (N-methyl/N-ethyl adjacent to an activating group) is 1. The number of amides is 1. The fraction of sp³-hybridized carbons (Fsp3) is 0.333. The van der Waals surface area contributed by atoms with E-state index in [2.05, 4.69) is 16.5 Å². The minimum Gasteiger partial charge on any atom is -0.497 e. The molecule has 0 aliphatic heterocycles. The number of benzene rings is 1. The first-order valence-corrected chi connectivity index (χ1v) is 8.79. The zero-order chi connectivity index (χ0) is 20.0. The molecule has 2 rings (SSSR count). The summed E-state index contributed by atoms with van der Waals surface area (Å²) in [6, 6.07) is 9.05. The van der Waals surface area contributed by atoms with Crippen LogP contribution in [0.1, 0.15) is 21.7 Å². The Kier molecular flexibility index (Phi) is 6.96. The Labute approximate surface area is 160 Å². The van der Waals surface area contributed by atoms with E-state index in [1.807, 2.05) is 32.1 Å². The Balaban J connectivity index is 1.95. The van der Waals surface area contributed by atoms with E-state index >= 15 is 0 Å². The first-order valence-electron chi connectivity index (χ1n) is 8.79. The maximum absolute atomic E-state index is 12.6. The number of nitrogens with one attached hydrogen (secondary N) is 1. The first kappa shape index (κ1) is 20.5. The maximum Gasteiger partial charge on any atom is 0.238 e. The molecular formula is C21H27N3O3. The highest BCUT2D eigenvalue weighted by Crippen LogP contribution is 2.17. The van der Waals surface area contributed by atoms with Crippen molar-refractivity contribution in [1.82, 2.24) is 9.47 Å². The number of carbonyl (C=O) groups is 2. The molecule has 1 amide bonds. The summed E-state index contributed by atoms with van der Waals surface area (Å²) < 4.78 is 7.20. The monoisotopic (exact) mass is 369 g/mol. The molecule has 0 radical (unpaired) electrons. The lowest BCUT2D eigenvalue weighted by molar-refractivity contribution is -0.116. The van der Waals surface area contributed by atoms with E-state index in [9.17, 15) is 9.59 Å². The summed E-state index contributed by atoms with van der Waals surface area (Å²) in [6.07, 6.45) is 1.81.